The van der Waals surface area contributed by atoms with Gasteiger partial charge in [0.2, 0.25) is 0 Å². The Morgan fingerprint density at radius 1 is 1.38 bits per heavy atom. The molecular weight excluding hydrogens is 404 g/mol. The number of halogens is 3. The number of morpholine rings is 1. The van der Waals surface area contributed by atoms with Crippen LogP contribution in [0.25, 0.3) is 0 Å². The minimum Gasteiger partial charge on any atom is -0.442 e. The van der Waals surface area contributed by atoms with Gasteiger partial charge in [-0.15, -0.1) is 0 Å². The zero-order chi connectivity index (χ0) is 18.7. The van der Waals surface area contributed by atoms with Crippen molar-refractivity contribution in [1.29, 1.82) is 0 Å². The molecule has 6 nitrogen and oxygen atoms in total. The van der Waals surface area contributed by atoms with Gasteiger partial charge in [0, 0.05) is 13.1 Å². The maximum Gasteiger partial charge on any atom is 0.414 e. The summed E-state index contributed by atoms with van der Waals surface area (Å²) in [5, 5.41) is 2.85. The Labute approximate surface area is 166 Å². The number of rotatable bonds is 5. The first-order valence-corrected chi connectivity index (χ1v) is 9.40. The first-order chi connectivity index (χ1) is 12.5. The standard InChI is InChI=1S/C16H18Cl2FN3O3S/c17-14(18)15(26)20-8-11-9-22(16(23)25-11)10-1-2-13(12(19)7-10)21-3-5-24-6-4-21/h1-2,7,11,14H,3-6,8-9H2,(H,20,26). The summed E-state index contributed by atoms with van der Waals surface area (Å²) in [5.74, 6) is -0.382. The Kier molecular flexibility index (Phi) is 6.39. The summed E-state index contributed by atoms with van der Waals surface area (Å²) in [6, 6.07) is 4.73. The predicted octanol–water partition coefficient (Wildman–Crippen LogP) is 2.71. The quantitative estimate of drug-likeness (QED) is 0.582. The Bertz CT molecular complexity index is 689. The number of anilines is 2. The monoisotopic (exact) mass is 421 g/mol. The van der Waals surface area contributed by atoms with Gasteiger partial charge in [-0.25, -0.2) is 9.18 Å². The molecule has 26 heavy (non-hydrogen) atoms. The second kappa shape index (κ2) is 8.56. The lowest BCUT2D eigenvalue weighted by Crippen LogP contribution is -2.37. The van der Waals surface area contributed by atoms with Crippen LogP contribution in [0.1, 0.15) is 0 Å². The van der Waals surface area contributed by atoms with Gasteiger partial charge in [-0.2, -0.15) is 0 Å². The molecule has 2 aliphatic rings. The van der Waals surface area contributed by atoms with Crippen molar-refractivity contribution < 1.29 is 18.7 Å². The summed E-state index contributed by atoms with van der Waals surface area (Å²) in [4.78, 5) is 14.9. The summed E-state index contributed by atoms with van der Waals surface area (Å²) in [6.45, 7) is 2.98. The van der Waals surface area contributed by atoms with Gasteiger partial charge in [-0.05, 0) is 18.2 Å². The van der Waals surface area contributed by atoms with Gasteiger partial charge in [0.25, 0.3) is 0 Å². The van der Waals surface area contributed by atoms with Crippen LogP contribution in [-0.2, 0) is 9.47 Å². The lowest BCUT2D eigenvalue weighted by molar-refractivity contribution is 0.122. The van der Waals surface area contributed by atoms with E-state index >= 15 is 0 Å². The van der Waals surface area contributed by atoms with Crippen LogP contribution >= 0.6 is 35.4 Å². The number of hydrogen-bond donors (Lipinski definition) is 1. The minimum atomic E-state index is -0.819. The number of hydrogen-bond acceptors (Lipinski definition) is 5. The second-order valence-corrected chi connectivity index (χ2v) is 7.43. The van der Waals surface area contributed by atoms with Crippen molar-refractivity contribution in [2.45, 2.75) is 10.9 Å². The summed E-state index contributed by atoms with van der Waals surface area (Å²) >= 11 is 16.3. The first-order valence-electron chi connectivity index (χ1n) is 8.12. The molecule has 1 unspecified atom stereocenters. The molecule has 1 amide bonds. The molecule has 0 aromatic heterocycles. The highest BCUT2D eigenvalue weighted by atomic mass is 35.5. The zero-order valence-electron chi connectivity index (χ0n) is 13.8. The Morgan fingerprint density at radius 3 is 2.77 bits per heavy atom. The molecule has 1 aromatic carbocycles. The number of alkyl halides is 2. The van der Waals surface area contributed by atoms with Gasteiger partial charge in [0.1, 0.15) is 16.9 Å². The first kappa shape index (κ1) is 19.4. The number of carbonyl (C=O) groups is 1. The van der Waals surface area contributed by atoms with E-state index in [0.717, 1.165) is 0 Å². The molecular formula is C16H18Cl2FN3O3S. The average Bonchev–Trinajstić information content (AvgIpc) is 3.01. The minimum absolute atomic E-state index is 0.267. The molecule has 10 heteroatoms. The molecule has 2 fully saturated rings. The van der Waals surface area contributed by atoms with Gasteiger partial charge >= 0.3 is 6.09 Å². The van der Waals surface area contributed by atoms with Crippen molar-refractivity contribution in [2.24, 2.45) is 0 Å². The molecule has 2 heterocycles. The molecule has 3 rings (SSSR count). The fourth-order valence-corrected chi connectivity index (χ4v) is 3.09. The third kappa shape index (κ3) is 4.49. The third-order valence-corrected chi connectivity index (χ3v) is 5.25. The zero-order valence-corrected chi connectivity index (χ0v) is 16.1. The molecule has 1 N–H and O–H groups in total. The average molecular weight is 422 g/mol. The van der Waals surface area contributed by atoms with Gasteiger partial charge in [-0.1, -0.05) is 35.4 Å². The van der Waals surface area contributed by atoms with E-state index in [1.165, 1.54) is 11.0 Å². The van der Waals surface area contributed by atoms with E-state index in [1.54, 1.807) is 12.1 Å². The van der Waals surface area contributed by atoms with Crippen molar-refractivity contribution in [2.75, 3.05) is 49.2 Å². The maximum absolute atomic E-state index is 14.5. The maximum atomic E-state index is 14.5. The van der Waals surface area contributed by atoms with E-state index in [9.17, 15) is 9.18 Å². The topological polar surface area (TPSA) is 54.0 Å². The predicted molar refractivity (Wildman–Crippen MR) is 103 cm³/mol. The van der Waals surface area contributed by atoms with Crippen molar-refractivity contribution in [3.05, 3.63) is 24.0 Å². The largest absolute Gasteiger partial charge is 0.442 e. The van der Waals surface area contributed by atoms with E-state index in [-0.39, 0.29) is 23.9 Å². The Balaban J connectivity index is 1.64. The smallest absolute Gasteiger partial charge is 0.414 e. The van der Waals surface area contributed by atoms with E-state index in [1.807, 2.05) is 4.90 Å². The molecule has 1 aromatic rings. The van der Waals surface area contributed by atoms with Crippen LogP contribution in [0.3, 0.4) is 0 Å². The molecule has 0 bridgehead atoms. The molecule has 142 valence electrons. The number of carbonyl (C=O) groups excluding carboxylic acids is 1. The van der Waals surface area contributed by atoms with E-state index in [2.05, 4.69) is 5.32 Å². The summed E-state index contributed by atoms with van der Waals surface area (Å²) in [7, 11) is 0. The lowest BCUT2D eigenvalue weighted by Gasteiger charge is -2.29. The van der Waals surface area contributed by atoms with Crippen molar-refractivity contribution in [3.8, 4) is 0 Å². The fourth-order valence-electron chi connectivity index (χ4n) is 2.85. The van der Waals surface area contributed by atoms with Gasteiger partial charge in [-0.3, -0.25) is 4.90 Å². The van der Waals surface area contributed by atoms with Crippen LogP contribution in [0.4, 0.5) is 20.6 Å². The van der Waals surface area contributed by atoms with E-state index in [4.69, 9.17) is 44.9 Å². The van der Waals surface area contributed by atoms with Gasteiger partial charge in [0.15, 0.2) is 4.84 Å². The summed E-state index contributed by atoms with van der Waals surface area (Å²) in [6.07, 6.45) is -0.968. The number of nitrogens with zero attached hydrogens (tertiary/aromatic N) is 2. The third-order valence-electron chi connectivity index (χ3n) is 4.17. The van der Waals surface area contributed by atoms with E-state index < -0.39 is 17.0 Å². The molecule has 0 spiro atoms. The molecule has 2 aliphatic heterocycles. The van der Waals surface area contributed by atoms with Crippen LogP contribution in [0.5, 0.6) is 0 Å². The van der Waals surface area contributed by atoms with Crippen molar-refractivity contribution >= 4 is 57.9 Å². The van der Waals surface area contributed by atoms with Crippen molar-refractivity contribution in [1.82, 2.24) is 5.32 Å². The number of thiocarbonyl (C=S) groups is 1. The highest BCUT2D eigenvalue weighted by Gasteiger charge is 2.33. The van der Waals surface area contributed by atoms with Gasteiger partial charge < -0.3 is 19.7 Å². The molecule has 0 radical (unpaired) electrons. The molecule has 0 aliphatic carbocycles. The SMILES string of the molecule is O=C1OC(CNC(=S)C(Cl)Cl)CN1c1ccc(N2CCOCC2)c(F)c1. The normalized spacial score (nSPS) is 20.5. The number of benzene rings is 1. The van der Waals surface area contributed by atoms with Crippen molar-refractivity contribution in [3.63, 3.8) is 0 Å². The highest BCUT2D eigenvalue weighted by molar-refractivity contribution is 7.80. The lowest BCUT2D eigenvalue weighted by atomic mass is 10.2. The van der Waals surface area contributed by atoms with Crippen LogP contribution in [-0.4, -0.2) is 61.4 Å². The van der Waals surface area contributed by atoms with Crippen LogP contribution in [0.2, 0.25) is 0 Å². The molecule has 2 saturated heterocycles. The van der Waals surface area contributed by atoms with E-state index in [0.29, 0.717) is 37.7 Å². The molecule has 0 saturated carbocycles. The summed E-state index contributed by atoms with van der Waals surface area (Å²) < 4.78 is 25.1. The second-order valence-electron chi connectivity index (χ2n) is 5.90. The molecule has 1 atom stereocenters. The summed E-state index contributed by atoms with van der Waals surface area (Å²) in [5.41, 5.74) is 0.950. The van der Waals surface area contributed by atoms with Crippen LogP contribution in [0, 0.1) is 5.82 Å². The van der Waals surface area contributed by atoms with Crippen LogP contribution in [0.15, 0.2) is 18.2 Å². The number of amides is 1. The number of ether oxygens (including phenoxy) is 2. The number of cyclic esters (lactones) is 1. The highest BCUT2D eigenvalue weighted by Crippen LogP contribution is 2.28. The van der Waals surface area contributed by atoms with Gasteiger partial charge in [0.05, 0.1) is 37.7 Å². The Morgan fingerprint density at radius 2 is 2.12 bits per heavy atom. The van der Waals surface area contributed by atoms with Crippen LogP contribution < -0.4 is 15.1 Å². The Hall–Kier alpha value is -1.35. The number of nitrogens with one attached hydrogen (secondary N) is 1. The fraction of sp³-hybridized carbons (Fsp3) is 0.500.